The SMILES string of the molecule is N#Cc1cc(-c2ccc(-c3nc(-c4ccccc4)nc(-c4ccc5c(c4)oc4cccc(-c6ccccc6)c45)n3)cc2)ccn1. The minimum Gasteiger partial charge on any atom is -0.456 e. The zero-order valence-corrected chi connectivity index (χ0v) is 23.9. The fourth-order valence-corrected chi connectivity index (χ4v) is 5.66. The maximum atomic E-state index is 9.26. The Balaban J connectivity index is 1.24. The Labute approximate surface area is 259 Å². The monoisotopic (exact) mass is 577 g/mol. The highest BCUT2D eigenvalue weighted by Gasteiger charge is 2.16. The number of hydrogen-bond acceptors (Lipinski definition) is 6. The molecule has 210 valence electrons. The Morgan fingerprint density at radius 2 is 1.11 bits per heavy atom. The third-order valence-electron chi connectivity index (χ3n) is 7.86. The molecule has 6 heteroatoms. The van der Waals surface area contributed by atoms with Gasteiger partial charge in [0.05, 0.1) is 0 Å². The zero-order chi connectivity index (χ0) is 30.2. The van der Waals surface area contributed by atoms with Crippen LogP contribution in [-0.2, 0) is 0 Å². The average molecular weight is 578 g/mol. The molecule has 0 amide bonds. The van der Waals surface area contributed by atoms with Crippen molar-refractivity contribution >= 4 is 21.9 Å². The van der Waals surface area contributed by atoms with E-state index in [4.69, 9.17) is 19.4 Å². The highest BCUT2D eigenvalue weighted by Crippen LogP contribution is 2.38. The Morgan fingerprint density at radius 3 is 1.82 bits per heavy atom. The molecule has 0 spiro atoms. The van der Waals surface area contributed by atoms with Crippen LogP contribution in [0.2, 0.25) is 0 Å². The van der Waals surface area contributed by atoms with Crippen LogP contribution in [0.15, 0.2) is 144 Å². The second kappa shape index (κ2) is 11.0. The van der Waals surface area contributed by atoms with E-state index < -0.39 is 0 Å². The molecule has 0 radical (unpaired) electrons. The predicted octanol–water partition coefficient (Wildman–Crippen LogP) is 9.37. The van der Waals surface area contributed by atoms with Crippen molar-refractivity contribution in [3.63, 3.8) is 0 Å². The number of furan rings is 1. The Morgan fingerprint density at radius 1 is 0.489 bits per heavy atom. The van der Waals surface area contributed by atoms with Gasteiger partial charge >= 0.3 is 0 Å². The molecule has 3 aromatic heterocycles. The maximum absolute atomic E-state index is 9.26. The van der Waals surface area contributed by atoms with Gasteiger partial charge < -0.3 is 4.42 Å². The van der Waals surface area contributed by atoms with Gasteiger partial charge in [0.25, 0.3) is 0 Å². The Kier molecular flexibility index (Phi) is 6.40. The molecule has 5 aromatic carbocycles. The van der Waals surface area contributed by atoms with E-state index in [0.717, 1.165) is 60.9 Å². The number of benzene rings is 5. The first-order chi connectivity index (χ1) is 22.2. The predicted molar refractivity (Wildman–Crippen MR) is 177 cm³/mol. The largest absolute Gasteiger partial charge is 0.456 e. The van der Waals surface area contributed by atoms with Crippen molar-refractivity contribution in [2.24, 2.45) is 0 Å². The van der Waals surface area contributed by atoms with Gasteiger partial charge in [-0.25, -0.2) is 19.9 Å². The smallest absolute Gasteiger partial charge is 0.164 e. The lowest BCUT2D eigenvalue weighted by atomic mass is 9.99. The molecule has 45 heavy (non-hydrogen) atoms. The van der Waals surface area contributed by atoms with Gasteiger partial charge in [0.2, 0.25) is 0 Å². The van der Waals surface area contributed by atoms with Crippen molar-refractivity contribution in [3.05, 3.63) is 145 Å². The summed E-state index contributed by atoms with van der Waals surface area (Å²) in [6.07, 6.45) is 1.65. The lowest BCUT2D eigenvalue weighted by molar-refractivity contribution is 0.669. The van der Waals surface area contributed by atoms with Gasteiger partial charge in [-0.05, 0) is 52.6 Å². The fourth-order valence-electron chi connectivity index (χ4n) is 5.66. The number of nitriles is 1. The van der Waals surface area contributed by atoms with E-state index in [1.807, 2.05) is 91.0 Å². The molecule has 0 aliphatic carbocycles. The van der Waals surface area contributed by atoms with E-state index in [0.29, 0.717) is 23.2 Å². The van der Waals surface area contributed by atoms with Gasteiger partial charge in [-0.1, -0.05) is 103 Å². The molecule has 0 aliphatic rings. The van der Waals surface area contributed by atoms with Crippen molar-refractivity contribution in [1.29, 1.82) is 5.26 Å². The number of hydrogen-bond donors (Lipinski definition) is 0. The normalized spacial score (nSPS) is 11.1. The summed E-state index contributed by atoms with van der Waals surface area (Å²) in [6.45, 7) is 0. The molecule has 0 bridgehead atoms. The van der Waals surface area contributed by atoms with E-state index in [1.54, 1.807) is 12.3 Å². The molecule has 8 rings (SSSR count). The van der Waals surface area contributed by atoms with Gasteiger partial charge in [0.15, 0.2) is 17.5 Å². The van der Waals surface area contributed by atoms with Crippen LogP contribution < -0.4 is 0 Å². The Bertz CT molecular complexity index is 2370. The van der Waals surface area contributed by atoms with Gasteiger partial charge in [-0.15, -0.1) is 0 Å². The summed E-state index contributed by atoms with van der Waals surface area (Å²) in [6, 6.07) is 46.3. The summed E-state index contributed by atoms with van der Waals surface area (Å²) in [4.78, 5) is 18.8. The molecular weight excluding hydrogens is 554 g/mol. The van der Waals surface area contributed by atoms with Crippen LogP contribution in [0.3, 0.4) is 0 Å². The summed E-state index contributed by atoms with van der Waals surface area (Å²) in [5.41, 5.74) is 8.74. The highest BCUT2D eigenvalue weighted by molar-refractivity contribution is 6.12. The number of pyridine rings is 1. The van der Waals surface area contributed by atoms with Crippen LogP contribution in [0.5, 0.6) is 0 Å². The molecule has 0 unspecified atom stereocenters. The van der Waals surface area contributed by atoms with Crippen LogP contribution in [-0.4, -0.2) is 19.9 Å². The first-order valence-electron chi connectivity index (χ1n) is 14.5. The molecule has 0 saturated carbocycles. The van der Waals surface area contributed by atoms with Gasteiger partial charge in [-0.3, -0.25) is 0 Å². The van der Waals surface area contributed by atoms with Gasteiger partial charge in [-0.2, -0.15) is 5.26 Å². The summed E-state index contributed by atoms with van der Waals surface area (Å²) in [5.74, 6) is 1.71. The molecule has 0 saturated heterocycles. The summed E-state index contributed by atoms with van der Waals surface area (Å²) >= 11 is 0. The third kappa shape index (κ3) is 4.89. The highest BCUT2D eigenvalue weighted by atomic mass is 16.3. The third-order valence-corrected chi connectivity index (χ3v) is 7.86. The first kappa shape index (κ1) is 26.2. The van der Waals surface area contributed by atoms with Crippen LogP contribution >= 0.6 is 0 Å². The van der Waals surface area contributed by atoms with E-state index in [1.165, 1.54) is 0 Å². The Hall–Kier alpha value is -6.45. The topological polar surface area (TPSA) is 88.5 Å². The minimum atomic E-state index is 0.379. The minimum absolute atomic E-state index is 0.379. The van der Waals surface area contributed by atoms with E-state index >= 15 is 0 Å². The van der Waals surface area contributed by atoms with Gasteiger partial charge in [0, 0.05) is 33.7 Å². The second-order valence-corrected chi connectivity index (χ2v) is 10.6. The quantitative estimate of drug-likeness (QED) is 0.202. The zero-order valence-electron chi connectivity index (χ0n) is 23.9. The summed E-state index contributed by atoms with van der Waals surface area (Å²) in [7, 11) is 0. The average Bonchev–Trinajstić information content (AvgIpc) is 3.50. The molecule has 0 N–H and O–H groups in total. The van der Waals surface area contributed by atoms with Crippen LogP contribution in [0.4, 0.5) is 0 Å². The first-order valence-corrected chi connectivity index (χ1v) is 14.5. The van der Waals surface area contributed by atoms with E-state index in [-0.39, 0.29) is 0 Å². The molecule has 0 aliphatic heterocycles. The van der Waals surface area contributed by atoms with Crippen LogP contribution in [0, 0.1) is 11.3 Å². The van der Waals surface area contributed by atoms with Crippen molar-refractivity contribution in [3.8, 4) is 62.5 Å². The number of fused-ring (bicyclic) bond motifs is 3. The van der Waals surface area contributed by atoms with E-state index in [9.17, 15) is 5.26 Å². The molecule has 0 fully saturated rings. The van der Waals surface area contributed by atoms with Crippen LogP contribution in [0.25, 0.3) is 78.4 Å². The summed E-state index contributed by atoms with van der Waals surface area (Å²) < 4.78 is 6.38. The van der Waals surface area contributed by atoms with Crippen molar-refractivity contribution in [2.45, 2.75) is 0 Å². The van der Waals surface area contributed by atoms with Gasteiger partial charge in [0.1, 0.15) is 22.9 Å². The molecule has 8 aromatic rings. The fraction of sp³-hybridized carbons (Fsp3) is 0. The summed E-state index contributed by atoms with van der Waals surface area (Å²) in [5, 5.41) is 11.4. The lowest BCUT2D eigenvalue weighted by Crippen LogP contribution is -2.00. The number of rotatable bonds is 5. The van der Waals surface area contributed by atoms with E-state index in [2.05, 4.69) is 47.5 Å². The second-order valence-electron chi connectivity index (χ2n) is 10.6. The molecule has 3 heterocycles. The maximum Gasteiger partial charge on any atom is 0.164 e. The lowest BCUT2D eigenvalue weighted by Gasteiger charge is -2.09. The van der Waals surface area contributed by atoms with Crippen molar-refractivity contribution in [2.75, 3.05) is 0 Å². The number of nitrogens with zero attached hydrogens (tertiary/aromatic N) is 5. The molecule has 0 atom stereocenters. The van der Waals surface area contributed by atoms with Crippen molar-refractivity contribution in [1.82, 2.24) is 19.9 Å². The number of aromatic nitrogens is 4. The van der Waals surface area contributed by atoms with Crippen LogP contribution in [0.1, 0.15) is 5.69 Å². The van der Waals surface area contributed by atoms with Crippen molar-refractivity contribution < 1.29 is 4.42 Å². The molecular formula is C39H23N5O. The molecule has 6 nitrogen and oxygen atoms in total. The standard InChI is InChI=1S/C39H23N5O/c40-24-31-22-29(20-21-41-31)25-14-16-28(17-15-25)38-42-37(27-10-5-2-6-11-27)43-39(44-38)30-18-19-33-35(23-30)45-34-13-7-12-32(36(33)34)26-8-3-1-4-9-26/h1-23H.